The summed E-state index contributed by atoms with van der Waals surface area (Å²) in [6, 6.07) is 4.27. The van der Waals surface area contributed by atoms with Crippen molar-refractivity contribution in [3.05, 3.63) is 53.1 Å². The fraction of sp³-hybridized carbons (Fsp3) is 0.367. The van der Waals surface area contributed by atoms with Crippen LogP contribution in [0.5, 0.6) is 11.9 Å². The predicted molar refractivity (Wildman–Crippen MR) is 161 cm³/mol. The average molecular weight is 626 g/mol. The molecule has 4 N–H and O–H groups in total. The Kier molecular flexibility index (Phi) is 7.81. The molecule has 1 aromatic carbocycles. The molecule has 0 amide bonds. The van der Waals surface area contributed by atoms with Gasteiger partial charge in [-0.05, 0) is 45.0 Å². The Bertz CT molecular complexity index is 1890. The summed E-state index contributed by atoms with van der Waals surface area (Å²) in [5.41, 5.74) is 4.70. The average Bonchev–Trinajstić information content (AvgIpc) is 3.39. The van der Waals surface area contributed by atoms with E-state index in [9.17, 15) is 13.2 Å². The molecule has 236 valence electrons. The van der Waals surface area contributed by atoms with E-state index in [1.807, 2.05) is 24.8 Å². The zero-order chi connectivity index (χ0) is 32.0. The Balaban J connectivity index is 1.64. The number of benzene rings is 1. The quantitative estimate of drug-likeness (QED) is 0.193. The van der Waals surface area contributed by atoms with Gasteiger partial charge < -0.3 is 25.4 Å². The lowest BCUT2D eigenvalue weighted by Gasteiger charge is -2.30. The molecule has 15 heteroatoms. The van der Waals surface area contributed by atoms with Crippen molar-refractivity contribution in [3.8, 4) is 23.1 Å². The number of anilines is 2. The number of nitrogen functional groups attached to an aromatic ring is 1. The number of likely N-dealkylation sites (N-methyl/N-ethyl adjacent to an activating group) is 1. The molecule has 2 atom stereocenters. The van der Waals surface area contributed by atoms with Crippen LogP contribution in [-0.2, 0) is 6.18 Å². The number of alkyl halides is 3. The highest BCUT2D eigenvalue weighted by Crippen LogP contribution is 2.47. The third-order valence-corrected chi connectivity index (χ3v) is 8.12. The first-order chi connectivity index (χ1) is 21.5. The van der Waals surface area contributed by atoms with Crippen molar-refractivity contribution in [3.63, 3.8) is 0 Å². The van der Waals surface area contributed by atoms with E-state index >= 15 is 4.39 Å². The molecule has 45 heavy (non-hydrogen) atoms. The lowest BCUT2D eigenvalue weighted by Crippen LogP contribution is -2.32. The van der Waals surface area contributed by atoms with E-state index in [4.69, 9.17) is 15.2 Å². The summed E-state index contributed by atoms with van der Waals surface area (Å²) in [6.45, 7) is 5.64. The van der Waals surface area contributed by atoms with Crippen LogP contribution in [0.4, 0.5) is 29.2 Å². The van der Waals surface area contributed by atoms with Gasteiger partial charge in [0.2, 0.25) is 5.88 Å². The molecule has 0 bridgehead atoms. The van der Waals surface area contributed by atoms with Crippen molar-refractivity contribution in [2.75, 3.05) is 37.4 Å². The first-order valence-electron chi connectivity index (χ1n) is 14.4. The largest absolute Gasteiger partial charge is 0.475 e. The second kappa shape index (κ2) is 11.6. The molecule has 1 aliphatic rings. The predicted octanol–water partition coefficient (Wildman–Crippen LogP) is 5.35. The van der Waals surface area contributed by atoms with Gasteiger partial charge in [-0.2, -0.15) is 28.2 Å². The fourth-order valence-corrected chi connectivity index (χ4v) is 5.74. The standard InChI is InChI=1S/C30H31F4N9O2/c1-5-16(36-4)13-45-29-40-25-21-27(41-29)43(15(3)17-7-6-8-37-26(17)35)9-10-44-28(21)39-24(23(25)31)20-18-12-38-42-19(18)11-14(2)22(20)30(32,33)34/h6-8,11-12,15-16,36H,5,9-10,13H2,1-4H3,(H2,35,37)(H,38,42). The Morgan fingerprint density at radius 2 is 2.04 bits per heavy atom. The van der Waals surface area contributed by atoms with Gasteiger partial charge >= 0.3 is 12.2 Å². The maximum Gasteiger partial charge on any atom is 0.417 e. The molecule has 0 fully saturated rings. The van der Waals surface area contributed by atoms with Gasteiger partial charge in [-0.1, -0.05) is 13.0 Å². The molecule has 0 aliphatic carbocycles. The number of fused-ring (bicyclic) bond motifs is 1. The second-order valence-electron chi connectivity index (χ2n) is 10.8. The molecule has 0 saturated heterocycles. The minimum Gasteiger partial charge on any atom is -0.475 e. The van der Waals surface area contributed by atoms with E-state index in [0.29, 0.717) is 16.9 Å². The summed E-state index contributed by atoms with van der Waals surface area (Å²) in [4.78, 5) is 19.5. The van der Waals surface area contributed by atoms with Crippen molar-refractivity contribution in [2.45, 2.75) is 45.5 Å². The maximum atomic E-state index is 16.8. The van der Waals surface area contributed by atoms with E-state index in [2.05, 4.69) is 35.5 Å². The van der Waals surface area contributed by atoms with Gasteiger partial charge in [-0.3, -0.25) is 5.10 Å². The Labute approximate surface area is 255 Å². The lowest BCUT2D eigenvalue weighted by atomic mass is 9.94. The van der Waals surface area contributed by atoms with Crippen molar-refractivity contribution >= 4 is 33.4 Å². The number of rotatable bonds is 8. The number of H-pyrrole nitrogens is 1. The van der Waals surface area contributed by atoms with Crippen LogP contribution in [0.3, 0.4) is 0 Å². The number of nitrogens with two attached hydrogens (primary N) is 1. The zero-order valence-corrected chi connectivity index (χ0v) is 25.0. The Morgan fingerprint density at radius 1 is 1.24 bits per heavy atom. The molecule has 11 nitrogen and oxygen atoms in total. The summed E-state index contributed by atoms with van der Waals surface area (Å²) < 4.78 is 72.5. The van der Waals surface area contributed by atoms with E-state index < -0.39 is 34.9 Å². The van der Waals surface area contributed by atoms with Gasteiger partial charge in [0.05, 0.1) is 29.9 Å². The van der Waals surface area contributed by atoms with E-state index in [-0.39, 0.29) is 65.4 Å². The van der Waals surface area contributed by atoms with Crippen LogP contribution in [0, 0.1) is 12.7 Å². The van der Waals surface area contributed by atoms with Gasteiger partial charge in [0.15, 0.2) is 5.82 Å². The molecule has 6 rings (SSSR count). The smallest absolute Gasteiger partial charge is 0.417 e. The number of halogens is 4. The van der Waals surface area contributed by atoms with Crippen LogP contribution < -0.4 is 25.4 Å². The number of aryl methyl sites for hydroxylation is 1. The molecule has 4 aromatic heterocycles. The first-order valence-corrected chi connectivity index (χ1v) is 14.4. The van der Waals surface area contributed by atoms with Gasteiger partial charge in [-0.25, -0.2) is 14.4 Å². The van der Waals surface area contributed by atoms with Crippen LogP contribution in [0.2, 0.25) is 0 Å². The Hall–Kier alpha value is -4.79. The highest BCUT2D eigenvalue weighted by Gasteiger charge is 2.39. The monoisotopic (exact) mass is 625 g/mol. The molecule has 5 heterocycles. The third-order valence-electron chi connectivity index (χ3n) is 8.12. The summed E-state index contributed by atoms with van der Waals surface area (Å²) in [7, 11) is 1.78. The summed E-state index contributed by atoms with van der Waals surface area (Å²) in [5, 5.41) is 9.86. The normalized spacial score (nSPS) is 14.8. The molecule has 0 radical (unpaired) electrons. The number of hydrogen-bond donors (Lipinski definition) is 3. The number of nitrogens with one attached hydrogen (secondary N) is 2. The number of nitrogens with zero attached hydrogens (tertiary/aromatic N) is 6. The summed E-state index contributed by atoms with van der Waals surface area (Å²) in [6.07, 6.45) is -1.31. The second-order valence-corrected chi connectivity index (χ2v) is 10.8. The number of aromatic nitrogens is 6. The lowest BCUT2D eigenvalue weighted by molar-refractivity contribution is -0.137. The van der Waals surface area contributed by atoms with Crippen LogP contribution in [0.15, 0.2) is 30.6 Å². The van der Waals surface area contributed by atoms with Gasteiger partial charge in [0, 0.05) is 28.8 Å². The van der Waals surface area contributed by atoms with Crippen LogP contribution in [0.25, 0.3) is 33.1 Å². The first kappa shape index (κ1) is 30.2. The van der Waals surface area contributed by atoms with Crippen molar-refractivity contribution < 1.29 is 27.0 Å². The summed E-state index contributed by atoms with van der Waals surface area (Å²) in [5.74, 6) is -0.646. The fourth-order valence-electron chi connectivity index (χ4n) is 5.74. The van der Waals surface area contributed by atoms with Crippen molar-refractivity contribution in [1.29, 1.82) is 0 Å². The molecule has 0 saturated carbocycles. The van der Waals surface area contributed by atoms with E-state index in [1.165, 1.54) is 19.2 Å². The summed E-state index contributed by atoms with van der Waals surface area (Å²) >= 11 is 0. The molecule has 1 aliphatic heterocycles. The molecule has 0 spiro atoms. The topological polar surface area (TPSA) is 140 Å². The SMILES string of the molecule is CCC(COc1nc2c3c(nc(-c4c(C(F)(F)F)c(C)cc5[nH]ncc45)c(F)c3n1)OCCN2C(C)c1cccnc1N)NC. The highest BCUT2D eigenvalue weighted by atomic mass is 19.4. The molecule has 2 unspecified atom stereocenters. The highest BCUT2D eigenvalue weighted by molar-refractivity contribution is 6.02. The van der Waals surface area contributed by atoms with Crippen LogP contribution in [-0.4, -0.2) is 63.0 Å². The third kappa shape index (κ3) is 5.30. The van der Waals surface area contributed by atoms with Gasteiger partial charge in [0.1, 0.15) is 41.4 Å². The van der Waals surface area contributed by atoms with Gasteiger partial charge in [0.25, 0.3) is 0 Å². The molecule has 5 aromatic rings. The Morgan fingerprint density at radius 3 is 2.76 bits per heavy atom. The van der Waals surface area contributed by atoms with Crippen molar-refractivity contribution in [2.24, 2.45) is 0 Å². The minimum atomic E-state index is -4.83. The van der Waals surface area contributed by atoms with E-state index in [0.717, 1.165) is 6.42 Å². The number of aromatic amines is 1. The zero-order valence-electron chi connectivity index (χ0n) is 25.0. The van der Waals surface area contributed by atoms with Crippen LogP contribution >= 0.6 is 0 Å². The number of pyridine rings is 2. The number of ether oxygens (including phenoxy) is 2. The molecular formula is C30H31F4N9O2. The van der Waals surface area contributed by atoms with Crippen LogP contribution in [0.1, 0.15) is 43.0 Å². The van der Waals surface area contributed by atoms with E-state index in [1.54, 1.807) is 19.3 Å². The van der Waals surface area contributed by atoms with Gasteiger partial charge in [-0.15, -0.1) is 0 Å². The minimum absolute atomic E-state index is 0.0485. The van der Waals surface area contributed by atoms with Crippen molar-refractivity contribution in [1.82, 2.24) is 35.5 Å². The maximum absolute atomic E-state index is 16.8. The molecular weight excluding hydrogens is 594 g/mol. The number of hydrogen-bond acceptors (Lipinski definition) is 10.